The second-order valence-electron chi connectivity index (χ2n) is 3.72. The third-order valence-corrected chi connectivity index (χ3v) is 2.85. The minimum atomic E-state index is -0.283. The summed E-state index contributed by atoms with van der Waals surface area (Å²) in [5.41, 5.74) is 1.54. The lowest BCUT2D eigenvalue weighted by molar-refractivity contribution is 0.606. The zero-order valence-electron chi connectivity index (χ0n) is 7.53. The molecule has 0 radical (unpaired) electrons. The van der Waals surface area contributed by atoms with Gasteiger partial charge in [-0.15, -0.1) is 0 Å². The summed E-state index contributed by atoms with van der Waals surface area (Å²) in [5, 5.41) is 10.1. The summed E-state index contributed by atoms with van der Waals surface area (Å²) in [7, 11) is 0. The first-order valence-electron chi connectivity index (χ1n) is 4.59. The Balaban J connectivity index is 2.29. The predicted octanol–water partition coefficient (Wildman–Crippen LogP) is 2.38. The molecular formula is C11H8N2O. The maximum atomic E-state index is 9.08. The van der Waals surface area contributed by atoms with Gasteiger partial charge in [0, 0.05) is 23.3 Å². The van der Waals surface area contributed by atoms with Crippen LogP contribution >= 0.6 is 0 Å². The van der Waals surface area contributed by atoms with Gasteiger partial charge in [0.1, 0.15) is 5.58 Å². The van der Waals surface area contributed by atoms with Crippen molar-refractivity contribution in [3.05, 3.63) is 30.3 Å². The average Bonchev–Trinajstić information content (AvgIpc) is 2.91. The average molecular weight is 184 g/mol. The number of nitriles is 1. The summed E-state index contributed by atoms with van der Waals surface area (Å²) in [6.07, 6.45) is 7.04. The summed E-state index contributed by atoms with van der Waals surface area (Å²) >= 11 is 0. The van der Waals surface area contributed by atoms with Gasteiger partial charge in [0.15, 0.2) is 0 Å². The summed E-state index contributed by atoms with van der Waals surface area (Å²) < 4.78 is 5.39. The van der Waals surface area contributed by atoms with Crippen LogP contribution in [0.4, 0.5) is 0 Å². The number of hydrogen-bond acceptors (Lipinski definition) is 3. The van der Waals surface area contributed by atoms with E-state index in [4.69, 9.17) is 9.68 Å². The van der Waals surface area contributed by atoms with Gasteiger partial charge < -0.3 is 4.42 Å². The Morgan fingerprint density at radius 2 is 2.36 bits per heavy atom. The molecular weight excluding hydrogens is 176 g/mol. The highest BCUT2D eigenvalue weighted by Gasteiger charge is 2.47. The first-order chi connectivity index (χ1) is 6.86. The van der Waals surface area contributed by atoms with Gasteiger partial charge in [-0.05, 0) is 18.9 Å². The molecule has 0 N–H and O–H groups in total. The number of aromatic nitrogens is 1. The number of fused-ring (bicyclic) bond motifs is 1. The Morgan fingerprint density at radius 1 is 1.50 bits per heavy atom. The third-order valence-electron chi connectivity index (χ3n) is 2.85. The molecule has 2 heterocycles. The zero-order chi connectivity index (χ0) is 9.60. The summed E-state index contributed by atoms with van der Waals surface area (Å²) in [5.74, 6) is 0. The SMILES string of the molecule is N#CC1(c2coc3ccncc23)CC1. The van der Waals surface area contributed by atoms with E-state index in [0.29, 0.717) is 0 Å². The van der Waals surface area contributed by atoms with E-state index >= 15 is 0 Å². The van der Waals surface area contributed by atoms with Crippen LogP contribution < -0.4 is 0 Å². The normalized spacial score (nSPS) is 17.9. The fourth-order valence-electron chi connectivity index (χ4n) is 1.81. The van der Waals surface area contributed by atoms with Gasteiger partial charge in [0.05, 0.1) is 17.7 Å². The van der Waals surface area contributed by atoms with Gasteiger partial charge in [0.2, 0.25) is 0 Å². The highest BCUT2D eigenvalue weighted by Crippen LogP contribution is 2.50. The largest absolute Gasteiger partial charge is 0.464 e. The molecule has 1 aliphatic rings. The third kappa shape index (κ3) is 0.828. The van der Waals surface area contributed by atoms with Gasteiger partial charge in [-0.2, -0.15) is 5.26 Å². The van der Waals surface area contributed by atoms with Gasteiger partial charge in [-0.25, -0.2) is 0 Å². The Morgan fingerprint density at radius 3 is 3.07 bits per heavy atom. The Labute approximate surface area is 81.0 Å². The van der Waals surface area contributed by atoms with Crippen molar-refractivity contribution in [1.82, 2.24) is 4.98 Å². The molecule has 1 aliphatic carbocycles. The molecule has 14 heavy (non-hydrogen) atoms. The van der Waals surface area contributed by atoms with Crippen molar-refractivity contribution in [2.45, 2.75) is 18.3 Å². The Kier molecular flexibility index (Phi) is 1.27. The molecule has 0 bridgehead atoms. The molecule has 3 heteroatoms. The van der Waals surface area contributed by atoms with E-state index in [9.17, 15) is 0 Å². The second-order valence-corrected chi connectivity index (χ2v) is 3.72. The van der Waals surface area contributed by atoms with Crippen molar-refractivity contribution in [3.63, 3.8) is 0 Å². The predicted molar refractivity (Wildman–Crippen MR) is 50.5 cm³/mol. The molecule has 0 amide bonds. The van der Waals surface area contributed by atoms with Crippen molar-refractivity contribution >= 4 is 11.0 Å². The van der Waals surface area contributed by atoms with E-state index in [0.717, 1.165) is 29.4 Å². The van der Waals surface area contributed by atoms with Gasteiger partial charge >= 0.3 is 0 Å². The summed E-state index contributed by atoms with van der Waals surface area (Å²) in [4.78, 5) is 4.05. The molecule has 0 saturated heterocycles. The standard InChI is InChI=1S/C11H8N2O/c12-7-11(2-3-11)9-6-14-10-1-4-13-5-8(9)10/h1,4-6H,2-3H2. The number of hydrogen-bond donors (Lipinski definition) is 0. The Hall–Kier alpha value is -1.82. The van der Waals surface area contributed by atoms with Gasteiger partial charge in [-0.3, -0.25) is 4.98 Å². The van der Waals surface area contributed by atoms with Crippen LogP contribution in [0.1, 0.15) is 18.4 Å². The van der Waals surface area contributed by atoms with Gasteiger partial charge in [0.25, 0.3) is 0 Å². The van der Waals surface area contributed by atoms with Crippen LogP contribution in [0.15, 0.2) is 29.1 Å². The van der Waals surface area contributed by atoms with Crippen LogP contribution in [0.25, 0.3) is 11.0 Å². The first kappa shape index (κ1) is 7.57. The highest BCUT2D eigenvalue weighted by molar-refractivity contribution is 5.82. The van der Waals surface area contributed by atoms with E-state index < -0.39 is 0 Å². The maximum Gasteiger partial charge on any atom is 0.137 e. The molecule has 1 fully saturated rings. The molecule has 3 rings (SSSR count). The van der Waals surface area contributed by atoms with Crippen LogP contribution in [0, 0.1) is 11.3 Å². The number of nitrogens with zero attached hydrogens (tertiary/aromatic N) is 2. The van der Waals surface area contributed by atoms with E-state index in [1.165, 1.54) is 0 Å². The summed E-state index contributed by atoms with van der Waals surface area (Å²) in [6.45, 7) is 0. The molecule has 0 aromatic carbocycles. The van der Waals surface area contributed by atoms with Crippen molar-refractivity contribution in [3.8, 4) is 6.07 Å². The van der Waals surface area contributed by atoms with Crippen LogP contribution in [0.3, 0.4) is 0 Å². The quantitative estimate of drug-likeness (QED) is 0.683. The lowest BCUT2D eigenvalue weighted by Crippen LogP contribution is -2.00. The van der Waals surface area contributed by atoms with Crippen LogP contribution in [0.2, 0.25) is 0 Å². The lowest BCUT2D eigenvalue weighted by atomic mass is 9.98. The molecule has 2 aromatic heterocycles. The first-order valence-corrected chi connectivity index (χ1v) is 4.59. The Bertz CT molecular complexity index is 531. The van der Waals surface area contributed by atoms with Crippen LogP contribution in [-0.2, 0) is 5.41 Å². The number of rotatable bonds is 1. The van der Waals surface area contributed by atoms with Crippen LogP contribution in [-0.4, -0.2) is 4.98 Å². The lowest BCUT2D eigenvalue weighted by Gasteiger charge is -2.00. The minimum absolute atomic E-state index is 0.283. The smallest absolute Gasteiger partial charge is 0.137 e. The van der Waals surface area contributed by atoms with E-state index in [2.05, 4.69) is 11.1 Å². The minimum Gasteiger partial charge on any atom is -0.464 e. The number of furan rings is 1. The molecule has 0 spiro atoms. The fraction of sp³-hybridized carbons (Fsp3) is 0.273. The molecule has 0 aliphatic heterocycles. The molecule has 1 saturated carbocycles. The molecule has 68 valence electrons. The van der Waals surface area contributed by atoms with E-state index in [1.807, 2.05) is 6.07 Å². The van der Waals surface area contributed by atoms with E-state index in [1.54, 1.807) is 18.7 Å². The molecule has 0 unspecified atom stereocenters. The second kappa shape index (κ2) is 2.36. The molecule has 2 aromatic rings. The van der Waals surface area contributed by atoms with Crippen LogP contribution in [0.5, 0.6) is 0 Å². The monoisotopic (exact) mass is 184 g/mol. The van der Waals surface area contributed by atoms with Crippen molar-refractivity contribution in [2.24, 2.45) is 0 Å². The van der Waals surface area contributed by atoms with Gasteiger partial charge in [-0.1, -0.05) is 0 Å². The zero-order valence-corrected chi connectivity index (χ0v) is 7.53. The highest BCUT2D eigenvalue weighted by atomic mass is 16.3. The molecule has 3 nitrogen and oxygen atoms in total. The van der Waals surface area contributed by atoms with Crippen molar-refractivity contribution in [2.75, 3.05) is 0 Å². The molecule has 0 atom stereocenters. The van der Waals surface area contributed by atoms with Crippen molar-refractivity contribution < 1.29 is 4.42 Å². The van der Waals surface area contributed by atoms with E-state index in [-0.39, 0.29) is 5.41 Å². The fourth-order valence-corrected chi connectivity index (χ4v) is 1.81. The van der Waals surface area contributed by atoms with Crippen molar-refractivity contribution in [1.29, 1.82) is 5.26 Å². The number of pyridine rings is 1. The maximum absolute atomic E-state index is 9.08. The summed E-state index contributed by atoms with van der Waals surface area (Å²) in [6, 6.07) is 4.18. The topological polar surface area (TPSA) is 49.8 Å².